The molecule has 0 radical (unpaired) electrons. The van der Waals surface area contributed by atoms with Gasteiger partial charge >= 0.3 is 0 Å². The van der Waals surface area contributed by atoms with Crippen molar-refractivity contribution in [3.8, 4) is 5.69 Å². The average molecular weight is 259 g/mol. The van der Waals surface area contributed by atoms with Gasteiger partial charge in [0.1, 0.15) is 5.82 Å². The second kappa shape index (κ2) is 5.13. The summed E-state index contributed by atoms with van der Waals surface area (Å²) in [5, 5.41) is 7.99. The molecule has 0 spiro atoms. The van der Waals surface area contributed by atoms with E-state index >= 15 is 0 Å². The van der Waals surface area contributed by atoms with Crippen LogP contribution in [0.15, 0.2) is 30.5 Å². The van der Waals surface area contributed by atoms with Gasteiger partial charge in [-0.2, -0.15) is 5.10 Å². The van der Waals surface area contributed by atoms with Crippen LogP contribution in [-0.2, 0) is 6.42 Å². The number of nitrogens with one attached hydrogen (secondary N) is 1. The Kier molecular flexibility index (Phi) is 3.34. The smallest absolute Gasteiger partial charge is 0.123 e. The minimum absolute atomic E-state index is 0.213. The molecule has 1 heterocycles. The third kappa shape index (κ3) is 2.28. The normalized spacial score (nSPS) is 18.3. The molecule has 0 bridgehead atoms. The number of aromatic nitrogens is 2. The Morgan fingerprint density at radius 2 is 2.16 bits per heavy atom. The molecular formula is C15H18FN3. The number of hydrogen-bond acceptors (Lipinski definition) is 2. The van der Waals surface area contributed by atoms with Crippen LogP contribution in [0.25, 0.3) is 5.69 Å². The first-order valence-corrected chi connectivity index (χ1v) is 6.85. The first-order chi connectivity index (χ1) is 9.29. The van der Waals surface area contributed by atoms with E-state index in [1.807, 2.05) is 10.9 Å². The molecule has 4 heteroatoms. The van der Waals surface area contributed by atoms with E-state index in [1.54, 1.807) is 12.1 Å². The summed E-state index contributed by atoms with van der Waals surface area (Å²) in [5.41, 5.74) is 3.47. The van der Waals surface area contributed by atoms with Crippen molar-refractivity contribution in [1.82, 2.24) is 15.1 Å². The fourth-order valence-electron chi connectivity index (χ4n) is 2.82. The molecule has 1 N–H and O–H groups in total. The minimum atomic E-state index is -0.213. The molecule has 1 aromatic carbocycles. The Morgan fingerprint density at radius 1 is 1.37 bits per heavy atom. The Morgan fingerprint density at radius 3 is 2.89 bits per heavy atom. The summed E-state index contributed by atoms with van der Waals surface area (Å²) in [4.78, 5) is 0. The predicted molar refractivity (Wildman–Crippen MR) is 72.9 cm³/mol. The van der Waals surface area contributed by atoms with Crippen molar-refractivity contribution in [2.75, 3.05) is 6.54 Å². The summed E-state index contributed by atoms with van der Waals surface area (Å²) < 4.78 is 14.9. The highest BCUT2D eigenvalue weighted by Gasteiger charge is 2.23. The van der Waals surface area contributed by atoms with Gasteiger partial charge < -0.3 is 5.32 Å². The van der Waals surface area contributed by atoms with E-state index in [-0.39, 0.29) is 5.82 Å². The summed E-state index contributed by atoms with van der Waals surface area (Å²) in [6, 6.07) is 6.92. The molecule has 3 rings (SSSR count). The summed E-state index contributed by atoms with van der Waals surface area (Å²) in [6.07, 6.45) is 5.31. The molecule has 1 aliphatic rings. The maximum absolute atomic E-state index is 13.0. The Bertz CT molecular complexity index is 559. The number of benzene rings is 1. The lowest BCUT2D eigenvalue weighted by molar-refractivity contribution is 0.467. The molecule has 0 amide bonds. The van der Waals surface area contributed by atoms with Gasteiger partial charge in [-0.05, 0) is 50.1 Å². The first kappa shape index (κ1) is 12.4. The quantitative estimate of drug-likeness (QED) is 0.918. The van der Waals surface area contributed by atoms with Crippen LogP contribution < -0.4 is 5.32 Å². The Balaban J connectivity index is 1.98. The van der Waals surface area contributed by atoms with E-state index < -0.39 is 0 Å². The molecule has 1 atom stereocenters. The van der Waals surface area contributed by atoms with Crippen molar-refractivity contribution >= 4 is 0 Å². The third-order valence-electron chi connectivity index (χ3n) is 3.70. The molecule has 1 unspecified atom stereocenters. The van der Waals surface area contributed by atoms with Gasteiger partial charge in [0, 0.05) is 17.3 Å². The van der Waals surface area contributed by atoms with Crippen LogP contribution in [0.2, 0.25) is 0 Å². The summed E-state index contributed by atoms with van der Waals surface area (Å²) in [5.74, 6) is -0.213. The monoisotopic (exact) mass is 259 g/mol. The van der Waals surface area contributed by atoms with Gasteiger partial charge in [-0.1, -0.05) is 6.92 Å². The fourth-order valence-corrected chi connectivity index (χ4v) is 2.82. The second-order valence-corrected chi connectivity index (χ2v) is 4.94. The van der Waals surface area contributed by atoms with Crippen LogP contribution in [0.1, 0.15) is 37.1 Å². The van der Waals surface area contributed by atoms with Crippen molar-refractivity contribution in [1.29, 1.82) is 0 Å². The van der Waals surface area contributed by atoms with E-state index in [0.29, 0.717) is 6.04 Å². The standard InChI is InChI=1S/C15H18FN3/c1-2-17-14-4-3-5-15-13(14)10-18-19(15)12-8-6-11(16)7-9-12/h6-10,14,17H,2-5H2,1H3. The zero-order valence-corrected chi connectivity index (χ0v) is 11.1. The van der Waals surface area contributed by atoms with Crippen molar-refractivity contribution in [3.05, 3.63) is 47.5 Å². The van der Waals surface area contributed by atoms with Crippen molar-refractivity contribution in [3.63, 3.8) is 0 Å². The lowest BCUT2D eigenvalue weighted by Gasteiger charge is -2.23. The largest absolute Gasteiger partial charge is 0.310 e. The molecule has 19 heavy (non-hydrogen) atoms. The van der Waals surface area contributed by atoms with Gasteiger partial charge in [0.2, 0.25) is 0 Å². The zero-order chi connectivity index (χ0) is 13.2. The summed E-state index contributed by atoms with van der Waals surface area (Å²) >= 11 is 0. The number of rotatable bonds is 3. The first-order valence-electron chi connectivity index (χ1n) is 6.85. The minimum Gasteiger partial charge on any atom is -0.310 e. The highest BCUT2D eigenvalue weighted by Crippen LogP contribution is 2.30. The second-order valence-electron chi connectivity index (χ2n) is 4.94. The van der Waals surface area contributed by atoms with Crippen LogP contribution in [-0.4, -0.2) is 16.3 Å². The Hall–Kier alpha value is -1.68. The molecule has 0 saturated heterocycles. The molecule has 1 aromatic heterocycles. The van der Waals surface area contributed by atoms with Crippen molar-refractivity contribution in [2.24, 2.45) is 0 Å². The predicted octanol–water partition coefficient (Wildman–Crippen LogP) is 3.00. The van der Waals surface area contributed by atoms with Crippen LogP contribution in [0.4, 0.5) is 4.39 Å². The van der Waals surface area contributed by atoms with E-state index in [9.17, 15) is 4.39 Å². The van der Waals surface area contributed by atoms with E-state index in [2.05, 4.69) is 17.3 Å². The lowest BCUT2D eigenvalue weighted by Crippen LogP contribution is -2.24. The number of fused-ring (bicyclic) bond motifs is 1. The molecule has 100 valence electrons. The maximum atomic E-state index is 13.0. The zero-order valence-electron chi connectivity index (χ0n) is 11.1. The van der Waals surface area contributed by atoms with Crippen LogP contribution in [0.5, 0.6) is 0 Å². The van der Waals surface area contributed by atoms with Gasteiger partial charge in [-0.25, -0.2) is 9.07 Å². The molecule has 0 fully saturated rings. The molecule has 1 aliphatic carbocycles. The van der Waals surface area contributed by atoms with Crippen molar-refractivity contribution < 1.29 is 4.39 Å². The summed E-state index contributed by atoms with van der Waals surface area (Å²) in [7, 11) is 0. The highest BCUT2D eigenvalue weighted by molar-refractivity contribution is 5.37. The van der Waals surface area contributed by atoms with Gasteiger partial charge in [-0.3, -0.25) is 0 Å². The molecule has 0 aliphatic heterocycles. The topological polar surface area (TPSA) is 29.9 Å². The van der Waals surface area contributed by atoms with Gasteiger partial charge in [-0.15, -0.1) is 0 Å². The highest BCUT2D eigenvalue weighted by atomic mass is 19.1. The number of halogens is 1. The number of hydrogen-bond donors (Lipinski definition) is 1. The Labute approximate surface area is 112 Å². The maximum Gasteiger partial charge on any atom is 0.123 e. The van der Waals surface area contributed by atoms with Crippen LogP contribution >= 0.6 is 0 Å². The lowest BCUT2D eigenvalue weighted by atomic mass is 9.93. The van der Waals surface area contributed by atoms with Gasteiger partial charge in [0.05, 0.1) is 11.9 Å². The molecule has 3 nitrogen and oxygen atoms in total. The van der Waals surface area contributed by atoms with Crippen LogP contribution in [0.3, 0.4) is 0 Å². The van der Waals surface area contributed by atoms with E-state index in [0.717, 1.165) is 31.5 Å². The summed E-state index contributed by atoms with van der Waals surface area (Å²) in [6.45, 7) is 3.09. The van der Waals surface area contributed by atoms with E-state index in [4.69, 9.17) is 0 Å². The van der Waals surface area contributed by atoms with E-state index in [1.165, 1.54) is 23.4 Å². The average Bonchev–Trinajstić information content (AvgIpc) is 2.85. The fraction of sp³-hybridized carbons (Fsp3) is 0.400. The van der Waals surface area contributed by atoms with Crippen LogP contribution in [0, 0.1) is 5.82 Å². The molecular weight excluding hydrogens is 241 g/mol. The van der Waals surface area contributed by atoms with Crippen molar-refractivity contribution in [2.45, 2.75) is 32.2 Å². The molecule has 0 saturated carbocycles. The van der Waals surface area contributed by atoms with Gasteiger partial charge in [0.25, 0.3) is 0 Å². The third-order valence-corrected chi connectivity index (χ3v) is 3.70. The number of nitrogens with zero attached hydrogens (tertiary/aromatic N) is 2. The molecule has 2 aromatic rings. The SMILES string of the molecule is CCNC1CCCc2c1cnn2-c1ccc(F)cc1. The van der Waals surface area contributed by atoms with Gasteiger partial charge in [0.15, 0.2) is 0 Å².